The van der Waals surface area contributed by atoms with Gasteiger partial charge < -0.3 is 10.1 Å². The van der Waals surface area contributed by atoms with E-state index in [1.807, 2.05) is 47.0 Å². The molecule has 1 aromatic heterocycles. The zero-order valence-electron chi connectivity index (χ0n) is 17.0. The van der Waals surface area contributed by atoms with Gasteiger partial charge in [0.2, 0.25) is 5.91 Å². The number of nitrogens with one attached hydrogen (secondary N) is 1. The van der Waals surface area contributed by atoms with Gasteiger partial charge >= 0.3 is 0 Å². The molecule has 0 aliphatic carbocycles. The molecule has 1 heterocycles. The number of amides is 1. The van der Waals surface area contributed by atoms with Crippen molar-refractivity contribution in [3.8, 4) is 11.4 Å². The normalized spacial score (nSPS) is 10.8. The van der Waals surface area contributed by atoms with Crippen molar-refractivity contribution in [3.05, 3.63) is 93.7 Å². The summed E-state index contributed by atoms with van der Waals surface area (Å²) in [4.78, 5) is 12.5. The van der Waals surface area contributed by atoms with Gasteiger partial charge in [0, 0.05) is 26.4 Å². The lowest BCUT2D eigenvalue weighted by Crippen LogP contribution is -2.15. The Morgan fingerprint density at radius 1 is 0.909 bits per heavy atom. The van der Waals surface area contributed by atoms with E-state index in [0.717, 1.165) is 11.4 Å². The quantitative estimate of drug-likeness (QED) is 0.268. The molecule has 168 valence electrons. The topological polar surface area (TPSA) is 69.0 Å². The van der Waals surface area contributed by atoms with Gasteiger partial charge in [-0.15, -0.1) is 10.2 Å². The van der Waals surface area contributed by atoms with Gasteiger partial charge in [-0.2, -0.15) is 0 Å². The third-order valence-corrected chi connectivity index (χ3v) is 5.99. The number of carbonyl (C=O) groups is 1. The van der Waals surface area contributed by atoms with E-state index in [0.29, 0.717) is 31.7 Å². The average molecular weight is 520 g/mol. The Hall–Kier alpha value is -2.71. The molecule has 6 nitrogen and oxygen atoms in total. The first kappa shape index (κ1) is 23.4. The molecule has 0 atom stereocenters. The van der Waals surface area contributed by atoms with Crippen LogP contribution in [0.25, 0.3) is 5.69 Å². The van der Waals surface area contributed by atoms with Gasteiger partial charge in [0.1, 0.15) is 12.4 Å². The van der Waals surface area contributed by atoms with Crippen LogP contribution >= 0.6 is 46.6 Å². The summed E-state index contributed by atoms with van der Waals surface area (Å²) in [6.45, 7) is 0.202. The van der Waals surface area contributed by atoms with Gasteiger partial charge in [-0.3, -0.25) is 9.36 Å². The summed E-state index contributed by atoms with van der Waals surface area (Å²) < 4.78 is 7.70. The second-order valence-corrected chi connectivity index (χ2v) is 9.06. The van der Waals surface area contributed by atoms with Gasteiger partial charge in [0.25, 0.3) is 0 Å². The molecule has 33 heavy (non-hydrogen) atoms. The van der Waals surface area contributed by atoms with Gasteiger partial charge in [-0.1, -0.05) is 64.8 Å². The number of benzene rings is 3. The predicted molar refractivity (Wildman–Crippen MR) is 133 cm³/mol. The summed E-state index contributed by atoms with van der Waals surface area (Å²) in [7, 11) is 0. The number of hydrogen-bond acceptors (Lipinski definition) is 5. The van der Waals surface area contributed by atoms with Crippen molar-refractivity contribution in [1.82, 2.24) is 14.8 Å². The fraction of sp³-hybridized carbons (Fsp3) is 0.0870. The highest BCUT2D eigenvalue weighted by Crippen LogP contribution is 2.26. The molecule has 0 saturated carbocycles. The van der Waals surface area contributed by atoms with E-state index in [2.05, 4.69) is 15.5 Å². The fourth-order valence-corrected chi connectivity index (χ4v) is 4.38. The van der Waals surface area contributed by atoms with E-state index in [1.54, 1.807) is 30.3 Å². The zero-order valence-corrected chi connectivity index (χ0v) is 20.1. The first-order valence-corrected chi connectivity index (χ1v) is 11.9. The summed E-state index contributed by atoms with van der Waals surface area (Å²) >= 11 is 19.3. The van der Waals surface area contributed by atoms with Crippen LogP contribution < -0.4 is 10.1 Å². The van der Waals surface area contributed by atoms with Crippen molar-refractivity contribution < 1.29 is 9.53 Å². The maximum Gasteiger partial charge on any atom is 0.234 e. The third kappa shape index (κ3) is 6.42. The van der Waals surface area contributed by atoms with Crippen LogP contribution in [-0.4, -0.2) is 26.4 Å². The van der Waals surface area contributed by atoms with Gasteiger partial charge in [0.05, 0.1) is 5.75 Å². The van der Waals surface area contributed by atoms with E-state index >= 15 is 0 Å². The molecule has 1 N–H and O–H groups in total. The smallest absolute Gasteiger partial charge is 0.234 e. The lowest BCUT2D eigenvalue weighted by atomic mass is 10.3. The summed E-state index contributed by atoms with van der Waals surface area (Å²) in [5, 5.41) is 13.4. The van der Waals surface area contributed by atoms with E-state index < -0.39 is 0 Å². The average Bonchev–Trinajstić information content (AvgIpc) is 3.19. The molecule has 0 fully saturated rings. The van der Waals surface area contributed by atoms with Crippen molar-refractivity contribution >= 4 is 58.2 Å². The van der Waals surface area contributed by atoms with Crippen LogP contribution in [0, 0.1) is 0 Å². The third-order valence-electron chi connectivity index (χ3n) is 4.38. The van der Waals surface area contributed by atoms with Crippen LogP contribution in [-0.2, 0) is 11.4 Å². The van der Waals surface area contributed by atoms with Crippen LogP contribution in [0.2, 0.25) is 15.1 Å². The molecule has 0 radical (unpaired) electrons. The van der Waals surface area contributed by atoms with E-state index in [1.165, 1.54) is 11.8 Å². The van der Waals surface area contributed by atoms with Crippen molar-refractivity contribution in [3.63, 3.8) is 0 Å². The summed E-state index contributed by atoms with van der Waals surface area (Å²) in [5.74, 6) is 1.18. The van der Waals surface area contributed by atoms with E-state index in [-0.39, 0.29) is 18.3 Å². The van der Waals surface area contributed by atoms with E-state index in [9.17, 15) is 4.79 Å². The Bertz CT molecular complexity index is 1230. The molecule has 0 bridgehead atoms. The molecule has 0 unspecified atom stereocenters. The van der Waals surface area contributed by atoms with Crippen molar-refractivity contribution in [2.45, 2.75) is 11.8 Å². The first-order valence-electron chi connectivity index (χ1n) is 9.75. The summed E-state index contributed by atoms with van der Waals surface area (Å²) in [5.41, 5.74) is 1.33. The maximum absolute atomic E-state index is 12.5. The molecule has 3 aromatic carbocycles. The number of aromatic nitrogens is 3. The number of ether oxygens (including phenoxy) is 1. The minimum atomic E-state index is -0.230. The number of hydrogen-bond donors (Lipinski definition) is 1. The monoisotopic (exact) mass is 518 g/mol. The maximum atomic E-state index is 12.5. The number of anilines is 1. The number of rotatable bonds is 8. The van der Waals surface area contributed by atoms with Crippen molar-refractivity contribution in [2.75, 3.05) is 11.1 Å². The molecule has 10 heteroatoms. The SMILES string of the molecule is O=C(CSc1nnc(COc2ccccc2)n1-c1ccc(Cl)cc1)Nc1cc(Cl)cc(Cl)c1. The second-order valence-electron chi connectivity index (χ2n) is 6.81. The number of para-hydroxylation sites is 1. The molecular formula is C23H17Cl3N4O2S. The summed E-state index contributed by atoms with van der Waals surface area (Å²) in [6, 6.07) is 21.6. The standard InChI is InChI=1S/C23H17Cl3N4O2S/c24-15-6-8-19(9-7-15)30-21(13-32-20-4-2-1-3-5-20)28-29-23(30)33-14-22(31)27-18-11-16(25)10-17(26)12-18/h1-12H,13-14H2,(H,27,31). The molecule has 0 aliphatic heterocycles. The highest BCUT2D eigenvalue weighted by molar-refractivity contribution is 7.99. The molecule has 0 saturated heterocycles. The zero-order chi connectivity index (χ0) is 23.2. The predicted octanol–water partition coefficient (Wildman–Crippen LogP) is 6.54. The Morgan fingerprint density at radius 2 is 1.61 bits per heavy atom. The highest BCUT2D eigenvalue weighted by Gasteiger charge is 2.17. The van der Waals surface area contributed by atoms with Crippen molar-refractivity contribution in [1.29, 1.82) is 0 Å². The second kappa shape index (κ2) is 10.9. The van der Waals surface area contributed by atoms with Gasteiger partial charge in [0.15, 0.2) is 11.0 Å². The first-order chi connectivity index (χ1) is 16.0. The van der Waals surface area contributed by atoms with Crippen LogP contribution in [0.15, 0.2) is 78.0 Å². The highest BCUT2D eigenvalue weighted by atomic mass is 35.5. The summed E-state index contributed by atoms with van der Waals surface area (Å²) in [6.07, 6.45) is 0. The molecular weight excluding hydrogens is 503 g/mol. The number of halogens is 3. The molecule has 0 aliphatic rings. The minimum Gasteiger partial charge on any atom is -0.486 e. The largest absolute Gasteiger partial charge is 0.486 e. The molecule has 1 amide bonds. The number of nitrogens with zero attached hydrogens (tertiary/aromatic N) is 3. The lowest BCUT2D eigenvalue weighted by Gasteiger charge is -2.11. The van der Waals surface area contributed by atoms with E-state index in [4.69, 9.17) is 39.5 Å². The Labute approximate surface area is 209 Å². The van der Waals surface area contributed by atoms with Crippen LogP contribution in [0.1, 0.15) is 5.82 Å². The number of thioether (sulfide) groups is 1. The fourth-order valence-electron chi connectivity index (χ4n) is 2.95. The molecule has 4 rings (SSSR count). The van der Waals surface area contributed by atoms with Crippen LogP contribution in [0.3, 0.4) is 0 Å². The van der Waals surface area contributed by atoms with Gasteiger partial charge in [-0.05, 0) is 54.6 Å². The Morgan fingerprint density at radius 3 is 2.30 bits per heavy atom. The molecule has 4 aromatic rings. The van der Waals surface area contributed by atoms with Crippen molar-refractivity contribution in [2.24, 2.45) is 0 Å². The lowest BCUT2D eigenvalue weighted by molar-refractivity contribution is -0.113. The van der Waals surface area contributed by atoms with Crippen LogP contribution in [0.4, 0.5) is 5.69 Å². The number of carbonyl (C=O) groups excluding carboxylic acids is 1. The molecule has 0 spiro atoms. The Kier molecular flexibility index (Phi) is 7.77. The van der Waals surface area contributed by atoms with Gasteiger partial charge in [-0.25, -0.2) is 0 Å². The Balaban J connectivity index is 1.51. The minimum absolute atomic E-state index is 0.107. The van der Waals surface area contributed by atoms with Crippen LogP contribution in [0.5, 0.6) is 5.75 Å².